The number of hydrogen-bond acceptors (Lipinski definition) is 5. The Balaban J connectivity index is 2.09. The summed E-state index contributed by atoms with van der Waals surface area (Å²) in [6.45, 7) is 0. The number of nitrogens with two attached hydrogens (primary N) is 1. The third kappa shape index (κ3) is 2.29. The molecule has 0 amide bonds. The average Bonchev–Trinajstić information content (AvgIpc) is 2.49. The van der Waals surface area contributed by atoms with Crippen molar-refractivity contribution < 1.29 is 0 Å². The third-order valence-corrected chi connectivity index (χ3v) is 3.77. The maximum absolute atomic E-state index is 9.25. The molecule has 2 N–H and O–H groups in total. The van der Waals surface area contributed by atoms with Gasteiger partial charge in [-0.25, -0.2) is 9.97 Å². The Morgan fingerprint density at radius 2 is 2.00 bits per heavy atom. The molecule has 0 atom stereocenters. The van der Waals surface area contributed by atoms with Gasteiger partial charge in [-0.3, -0.25) is 0 Å². The molecule has 0 aliphatic rings. The van der Waals surface area contributed by atoms with E-state index in [1.165, 1.54) is 11.8 Å². The van der Waals surface area contributed by atoms with Gasteiger partial charge in [-0.2, -0.15) is 5.26 Å². The molecule has 0 unspecified atom stereocenters. The van der Waals surface area contributed by atoms with E-state index in [0.29, 0.717) is 21.3 Å². The molecule has 0 spiro atoms. The molecule has 0 saturated heterocycles. The number of rotatable bonds is 2. The van der Waals surface area contributed by atoms with Gasteiger partial charge in [0, 0.05) is 11.6 Å². The van der Waals surface area contributed by atoms with Gasteiger partial charge in [0.1, 0.15) is 10.1 Å². The Hall–Kier alpha value is -2.58. The maximum Gasteiger partial charge on any atom is 0.125 e. The van der Waals surface area contributed by atoms with Gasteiger partial charge in [0.15, 0.2) is 0 Å². The highest BCUT2D eigenvalue weighted by Gasteiger charge is 2.08. The molecule has 1 aromatic carbocycles. The van der Waals surface area contributed by atoms with Crippen molar-refractivity contribution in [3.05, 3.63) is 54.2 Å². The fourth-order valence-corrected chi connectivity index (χ4v) is 2.70. The number of nitrogen functional groups attached to an aromatic ring is 1. The van der Waals surface area contributed by atoms with Gasteiger partial charge in [-0.15, -0.1) is 0 Å². The van der Waals surface area contributed by atoms with Crippen molar-refractivity contribution in [1.82, 2.24) is 9.97 Å². The molecule has 5 heteroatoms. The smallest absolute Gasteiger partial charge is 0.125 e. The van der Waals surface area contributed by atoms with Gasteiger partial charge in [0.25, 0.3) is 0 Å². The van der Waals surface area contributed by atoms with Crippen molar-refractivity contribution in [1.29, 1.82) is 5.26 Å². The Morgan fingerprint density at radius 1 is 1.15 bits per heavy atom. The molecule has 4 nitrogen and oxygen atoms in total. The van der Waals surface area contributed by atoms with E-state index in [4.69, 9.17) is 5.73 Å². The molecule has 20 heavy (non-hydrogen) atoms. The quantitative estimate of drug-likeness (QED) is 0.778. The zero-order chi connectivity index (χ0) is 13.9. The van der Waals surface area contributed by atoms with Crippen molar-refractivity contribution >= 4 is 28.4 Å². The summed E-state index contributed by atoms with van der Waals surface area (Å²) in [6, 6.07) is 15.1. The lowest BCUT2D eigenvalue weighted by atomic mass is 10.1. The SMILES string of the molecule is N#Cc1cc(Sc2ncccc2N)nc2ccccc12. The van der Waals surface area contributed by atoms with Crippen LogP contribution in [0.15, 0.2) is 58.7 Å². The fourth-order valence-electron chi connectivity index (χ4n) is 1.88. The first-order valence-electron chi connectivity index (χ1n) is 5.96. The topological polar surface area (TPSA) is 75.6 Å². The van der Waals surface area contributed by atoms with Crippen molar-refractivity contribution in [3.8, 4) is 6.07 Å². The number of aromatic nitrogens is 2. The molecule has 3 aromatic rings. The third-order valence-electron chi connectivity index (χ3n) is 2.81. The molecule has 2 aromatic heterocycles. The predicted octanol–water partition coefficient (Wildman–Crippen LogP) is 3.23. The summed E-state index contributed by atoms with van der Waals surface area (Å²) < 4.78 is 0. The number of fused-ring (bicyclic) bond motifs is 1. The molecule has 0 bridgehead atoms. The van der Waals surface area contributed by atoms with E-state index in [1.54, 1.807) is 24.4 Å². The zero-order valence-corrected chi connectivity index (χ0v) is 11.3. The van der Waals surface area contributed by atoms with Crippen molar-refractivity contribution in [2.45, 2.75) is 10.1 Å². The first kappa shape index (κ1) is 12.5. The second kappa shape index (κ2) is 5.19. The van der Waals surface area contributed by atoms with E-state index in [-0.39, 0.29) is 0 Å². The number of pyridine rings is 2. The van der Waals surface area contributed by atoms with Crippen LogP contribution in [0.3, 0.4) is 0 Å². The molecule has 3 rings (SSSR count). The van der Waals surface area contributed by atoms with Crippen LogP contribution in [-0.4, -0.2) is 9.97 Å². The molecule has 0 aliphatic carbocycles. The van der Waals surface area contributed by atoms with E-state index < -0.39 is 0 Å². The van der Waals surface area contributed by atoms with Gasteiger partial charge in [0.05, 0.1) is 22.8 Å². The van der Waals surface area contributed by atoms with Crippen LogP contribution < -0.4 is 5.73 Å². The van der Waals surface area contributed by atoms with Crippen LogP contribution in [0.25, 0.3) is 10.9 Å². The number of anilines is 1. The lowest BCUT2D eigenvalue weighted by Crippen LogP contribution is -1.92. The summed E-state index contributed by atoms with van der Waals surface area (Å²) in [5.74, 6) is 0. The van der Waals surface area contributed by atoms with Crippen LogP contribution >= 0.6 is 11.8 Å². The Morgan fingerprint density at radius 3 is 2.80 bits per heavy atom. The summed E-state index contributed by atoms with van der Waals surface area (Å²) >= 11 is 1.36. The molecule has 2 heterocycles. The van der Waals surface area contributed by atoms with Gasteiger partial charge in [-0.1, -0.05) is 18.2 Å². The lowest BCUT2D eigenvalue weighted by molar-refractivity contribution is 1.12. The van der Waals surface area contributed by atoms with Crippen LogP contribution in [0.5, 0.6) is 0 Å². The standard InChI is InChI=1S/C15H10N4S/c16-9-10-8-14(19-13-6-2-1-4-11(10)13)20-15-12(17)5-3-7-18-15/h1-8H,17H2. The van der Waals surface area contributed by atoms with Crippen LogP contribution in [0.2, 0.25) is 0 Å². The molecule has 0 radical (unpaired) electrons. The minimum Gasteiger partial charge on any atom is -0.397 e. The Bertz CT molecular complexity index is 823. The largest absolute Gasteiger partial charge is 0.397 e. The minimum absolute atomic E-state index is 0.603. The number of benzene rings is 1. The molecule has 0 fully saturated rings. The van der Waals surface area contributed by atoms with Crippen LogP contribution in [0.1, 0.15) is 5.56 Å². The zero-order valence-electron chi connectivity index (χ0n) is 10.4. The van der Waals surface area contributed by atoms with Gasteiger partial charge in [-0.05, 0) is 36.0 Å². The van der Waals surface area contributed by atoms with E-state index in [1.807, 2.05) is 24.3 Å². The van der Waals surface area contributed by atoms with E-state index in [0.717, 1.165) is 10.9 Å². The number of para-hydroxylation sites is 1. The van der Waals surface area contributed by atoms with E-state index >= 15 is 0 Å². The molecular weight excluding hydrogens is 268 g/mol. The second-order valence-electron chi connectivity index (χ2n) is 4.14. The van der Waals surface area contributed by atoms with Crippen molar-refractivity contribution in [3.63, 3.8) is 0 Å². The normalized spacial score (nSPS) is 10.3. The van der Waals surface area contributed by atoms with Crippen molar-refractivity contribution in [2.24, 2.45) is 0 Å². The first-order valence-corrected chi connectivity index (χ1v) is 6.78. The second-order valence-corrected chi connectivity index (χ2v) is 5.15. The Kier molecular flexibility index (Phi) is 3.23. The highest BCUT2D eigenvalue weighted by Crippen LogP contribution is 2.31. The number of nitrogens with zero attached hydrogens (tertiary/aromatic N) is 3. The molecule has 0 saturated carbocycles. The van der Waals surface area contributed by atoms with Gasteiger partial charge in [0.2, 0.25) is 0 Å². The van der Waals surface area contributed by atoms with Crippen LogP contribution in [0.4, 0.5) is 5.69 Å². The molecule has 0 aliphatic heterocycles. The lowest BCUT2D eigenvalue weighted by Gasteiger charge is -2.06. The van der Waals surface area contributed by atoms with Crippen LogP contribution in [0, 0.1) is 11.3 Å². The van der Waals surface area contributed by atoms with Crippen molar-refractivity contribution in [2.75, 3.05) is 5.73 Å². The number of hydrogen-bond donors (Lipinski definition) is 1. The summed E-state index contributed by atoms with van der Waals surface area (Å²) in [4.78, 5) is 8.76. The predicted molar refractivity (Wildman–Crippen MR) is 79.2 cm³/mol. The summed E-state index contributed by atoms with van der Waals surface area (Å²) in [7, 11) is 0. The maximum atomic E-state index is 9.25. The number of nitriles is 1. The molecular formula is C15H10N4S. The highest BCUT2D eigenvalue weighted by molar-refractivity contribution is 7.99. The Labute approximate surface area is 120 Å². The summed E-state index contributed by atoms with van der Waals surface area (Å²) in [5, 5.41) is 11.5. The average molecular weight is 278 g/mol. The van der Waals surface area contributed by atoms with E-state index in [9.17, 15) is 5.26 Å². The van der Waals surface area contributed by atoms with Crippen LogP contribution in [-0.2, 0) is 0 Å². The first-order chi connectivity index (χ1) is 9.78. The summed E-state index contributed by atoms with van der Waals surface area (Å²) in [6.07, 6.45) is 1.69. The summed E-state index contributed by atoms with van der Waals surface area (Å²) in [5.41, 5.74) is 7.88. The monoisotopic (exact) mass is 278 g/mol. The van der Waals surface area contributed by atoms with Gasteiger partial charge < -0.3 is 5.73 Å². The minimum atomic E-state index is 0.603. The fraction of sp³-hybridized carbons (Fsp3) is 0. The van der Waals surface area contributed by atoms with Gasteiger partial charge >= 0.3 is 0 Å². The van der Waals surface area contributed by atoms with E-state index in [2.05, 4.69) is 16.0 Å². The molecule has 96 valence electrons. The highest BCUT2D eigenvalue weighted by atomic mass is 32.2.